The SMILES string of the molecule is Cc1[nH]n(-c2ccccc2)c(=O)c1/C(=N/NC(=O)c1ccc(I)cc1)C(F)(F)F. The van der Waals surface area contributed by atoms with Gasteiger partial charge in [0.25, 0.3) is 11.5 Å². The number of hydrogen-bond donors (Lipinski definition) is 2. The number of carbonyl (C=O) groups is 1. The number of alkyl halides is 3. The summed E-state index contributed by atoms with van der Waals surface area (Å²) < 4.78 is 42.8. The average Bonchev–Trinajstić information content (AvgIpc) is 2.97. The Morgan fingerprint density at radius 2 is 1.72 bits per heavy atom. The fourth-order valence-corrected chi connectivity index (χ4v) is 2.98. The van der Waals surface area contributed by atoms with Crippen LogP contribution in [0.25, 0.3) is 5.69 Å². The summed E-state index contributed by atoms with van der Waals surface area (Å²) in [6.45, 7) is 1.33. The highest BCUT2D eigenvalue weighted by Crippen LogP contribution is 2.23. The molecule has 2 N–H and O–H groups in total. The Balaban J connectivity index is 2.01. The Morgan fingerprint density at radius 3 is 2.31 bits per heavy atom. The number of halogens is 4. The molecule has 0 aliphatic rings. The van der Waals surface area contributed by atoms with Crippen molar-refractivity contribution in [1.29, 1.82) is 0 Å². The first kappa shape index (κ1) is 20.8. The molecule has 0 bridgehead atoms. The summed E-state index contributed by atoms with van der Waals surface area (Å²) in [5.41, 5.74) is -0.692. The zero-order chi connectivity index (χ0) is 21.2. The monoisotopic (exact) mass is 514 g/mol. The van der Waals surface area contributed by atoms with Gasteiger partial charge < -0.3 is 0 Å². The summed E-state index contributed by atoms with van der Waals surface area (Å²) in [6, 6.07) is 14.4. The second-order valence-corrected chi connectivity index (χ2v) is 7.24. The molecular weight excluding hydrogens is 500 g/mol. The molecule has 0 aliphatic carbocycles. The second-order valence-electron chi connectivity index (χ2n) is 5.99. The van der Waals surface area contributed by atoms with Crippen LogP contribution in [0.4, 0.5) is 13.2 Å². The van der Waals surface area contributed by atoms with Gasteiger partial charge in [0.1, 0.15) is 0 Å². The molecule has 0 atom stereocenters. The molecule has 1 heterocycles. The molecule has 10 heteroatoms. The molecule has 3 aromatic rings. The lowest BCUT2D eigenvalue weighted by atomic mass is 10.1. The van der Waals surface area contributed by atoms with E-state index in [9.17, 15) is 22.8 Å². The van der Waals surface area contributed by atoms with E-state index in [0.29, 0.717) is 5.69 Å². The highest BCUT2D eigenvalue weighted by atomic mass is 127. The molecule has 0 spiro atoms. The zero-order valence-electron chi connectivity index (χ0n) is 14.9. The summed E-state index contributed by atoms with van der Waals surface area (Å²) in [5.74, 6) is -0.820. The summed E-state index contributed by atoms with van der Waals surface area (Å²) in [6.07, 6.45) is -4.96. The predicted octanol–water partition coefficient (Wildman–Crippen LogP) is 3.78. The number of aromatic amines is 1. The summed E-state index contributed by atoms with van der Waals surface area (Å²) in [7, 11) is 0. The molecule has 6 nitrogen and oxygen atoms in total. The van der Waals surface area contributed by atoms with Crippen LogP contribution in [0.3, 0.4) is 0 Å². The Hall–Kier alpha value is -2.89. The van der Waals surface area contributed by atoms with Gasteiger partial charge in [-0.05, 0) is 65.9 Å². The summed E-state index contributed by atoms with van der Waals surface area (Å²) >= 11 is 2.04. The van der Waals surface area contributed by atoms with Crippen molar-refractivity contribution in [3.63, 3.8) is 0 Å². The zero-order valence-corrected chi connectivity index (χ0v) is 17.1. The number of para-hydroxylation sites is 1. The van der Waals surface area contributed by atoms with Gasteiger partial charge in [0.05, 0.1) is 11.3 Å². The number of carbonyl (C=O) groups excluding carboxylic acids is 1. The minimum absolute atomic E-state index is 0.0292. The number of benzene rings is 2. The van der Waals surface area contributed by atoms with E-state index in [1.54, 1.807) is 42.5 Å². The highest BCUT2D eigenvalue weighted by molar-refractivity contribution is 14.1. The molecule has 0 unspecified atom stereocenters. The largest absolute Gasteiger partial charge is 0.435 e. The van der Waals surface area contributed by atoms with Crippen LogP contribution in [-0.4, -0.2) is 27.6 Å². The molecule has 1 aromatic heterocycles. The van der Waals surface area contributed by atoms with Gasteiger partial charge in [-0.25, -0.2) is 10.1 Å². The van der Waals surface area contributed by atoms with Gasteiger partial charge in [-0.3, -0.25) is 14.7 Å². The van der Waals surface area contributed by atoms with Gasteiger partial charge in [0.15, 0.2) is 5.71 Å². The van der Waals surface area contributed by atoms with Crippen molar-refractivity contribution in [2.45, 2.75) is 13.1 Å². The maximum Gasteiger partial charge on any atom is 0.435 e. The van der Waals surface area contributed by atoms with Crippen molar-refractivity contribution in [3.05, 3.63) is 85.3 Å². The van der Waals surface area contributed by atoms with E-state index in [-0.39, 0.29) is 11.3 Å². The van der Waals surface area contributed by atoms with E-state index in [1.165, 1.54) is 19.1 Å². The number of hydrazone groups is 1. The minimum atomic E-state index is -4.96. The van der Waals surface area contributed by atoms with Crippen molar-refractivity contribution < 1.29 is 18.0 Å². The second kappa shape index (κ2) is 8.23. The maximum atomic E-state index is 13.6. The standard InChI is InChI=1S/C19H14F3IN4O2/c1-11-15(18(29)27(26-11)14-5-3-2-4-6-14)16(19(20,21)22)24-25-17(28)12-7-9-13(23)10-8-12/h2-10,26H,1H3,(H,25,28)/b24-16-. The van der Waals surface area contributed by atoms with E-state index in [0.717, 1.165) is 8.25 Å². The number of aromatic nitrogens is 2. The van der Waals surface area contributed by atoms with Crippen LogP contribution in [0, 0.1) is 10.5 Å². The minimum Gasteiger partial charge on any atom is -0.295 e. The van der Waals surface area contributed by atoms with Gasteiger partial charge in [-0.2, -0.15) is 18.3 Å². The van der Waals surface area contributed by atoms with Crippen LogP contribution in [0.15, 0.2) is 64.5 Å². The highest BCUT2D eigenvalue weighted by Gasteiger charge is 2.41. The number of aryl methyl sites for hydroxylation is 1. The predicted molar refractivity (Wildman–Crippen MR) is 110 cm³/mol. The summed E-state index contributed by atoms with van der Waals surface area (Å²) in [5, 5.41) is 5.87. The third-order valence-corrected chi connectivity index (χ3v) is 4.69. The van der Waals surface area contributed by atoms with Crippen LogP contribution in [0.5, 0.6) is 0 Å². The van der Waals surface area contributed by atoms with Crippen molar-refractivity contribution in [2.24, 2.45) is 5.10 Å². The van der Waals surface area contributed by atoms with Gasteiger partial charge in [-0.1, -0.05) is 18.2 Å². The van der Waals surface area contributed by atoms with Crippen molar-refractivity contribution in [3.8, 4) is 5.69 Å². The Morgan fingerprint density at radius 1 is 1.10 bits per heavy atom. The number of rotatable bonds is 4. The van der Waals surface area contributed by atoms with E-state index in [2.05, 4.69) is 10.2 Å². The molecule has 0 saturated heterocycles. The molecule has 1 amide bonds. The molecule has 3 rings (SSSR count). The molecule has 0 saturated carbocycles. The van der Waals surface area contributed by atoms with Gasteiger partial charge in [0.2, 0.25) is 0 Å². The molecule has 0 radical (unpaired) electrons. The summed E-state index contributed by atoms with van der Waals surface area (Å²) in [4.78, 5) is 24.8. The molecule has 0 aliphatic heterocycles. The van der Waals surface area contributed by atoms with Crippen LogP contribution in [0.1, 0.15) is 21.6 Å². The van der Waals surface area contributed by atoms with Crippen LogP contribution < -0.4 is 11.0 Å². The van der Waals surface area contributed by atoms with E-state index in [1.807, 2.05) is 28.0 Å². The van der Waals surface area contributed by atoms with E-state index >= 15 is 0 Å². The Bertz CT molecular complexity index is 1120. The number of hydrogen-bond acceptors (Lipinski definition) is 3. The number of amides is 1. The van der Waals surface area contributed by atoms with Crippen molar-refractivity contribution in [1.82, 2.24) is 15.2 Å². The van der Waals surface area contributed by atoms with Crippen LogP contribution in [0.2, 0.25) is 0 Å². The van der Waals surface area contributed by atoms with Crippen LogP contribution in [-0.2, 0) is 0 Å². The first-order valence-electron chi connectivity index (χ1n) is 8.26. The first-order valence-corrected chi connectivity index (χ1v) is 9.34. The lowest BCUT2D eigenvalue weighted by Crippen LogP contribution is -2.33. The lowest BCUT2D eigenvalue weighted by Gasteiger charge is -2.09. The third-order valence-electron chi connectivity index (χ3n) is 3.97. The fourth-order valence-electron chi connectivity index (χ4n) is 2.62. The molecule has 29 heavy (non-hydrogen) atoms. The van der Waals surface area contributed by atoms with E-state index < -0.39 is 28.9 Å². The van der Waals surface area contributed by atoms with Gasteiger partial charge in [0, 0.05) is 14.8 Å². The van der Waals surface area contributed by atoms with Crippen molar-refractivity contribution in [2.75, 3.05) is 0 Å². The molecular formula is C19H14F3IN4O2. The maximum absolute atomic E-state index is 13.6. The number of H-pyrrole nitrogens is 1. The first-order chi connectivity index (χ1) is 13.7. The van der Waals surface area contributed by atoms with E-state index in [4.69, 9.17) is 0 Å². The lowest BCUT2D eigenvalue weighted by molar-refractivity contribution is -0.0584. The van der Waals surface area contributed by atoms with Gasteiger partial charge >= 0.3 is 6.18 Å². The number of nitrogens with zero attached hydrogens (tertiary/aromatic N) is 2. The fraction of sp³-hybridized carbons (Fsp3) is 0.105. The molecule has 2 aromatic carbocycles. The number of nitrogens with one attached hydrogen (secondary N) is 2. The quantitative estimate of drug-likeness (QED) is 0.316. The smallest absolute Gasteiger partial charge is 0.295 e. The van der Waals surface area contributed by atoms with Crippen molar-refractivity contribution >= 4 is 34.2 Å². The molecule has 0 fully saturated rings. The Labute approximate surface area is 176 Å². The van der Waals surface area contributed by atoms with Crippen LogP contribution >= 0.6 is 22.6 Å². The topological polar surface area (TPSA) is 79.2 Å². The molecule has 150 valence electrons. The average molecular weight is 514 g/mol. The third kappa shape index (κ3) is 4.58. The normalized spacial score (nSPS) is 12.1. The Kier molecular flexibility index (Phi) is 5.91. The van der Waals surface area contributed by atoms with Gasteiger partial charge in [-0.15, -0.1) is 0 Å².